The van der Waals surface area contributed by atoms with E-state index >= 15 is 0 Å². The second-order valence-corrected chi connectivity index (χ2v) is 7.38. The van der Waals surface area contributed by atoms with Gasteiger partial charge in [0.05, 0.1) is 45.6 Å². The molecule has 1 fully saturated rings. The Balaban J connectivity index is 1.80. The summed E-state index contributed by atoms with van der Waals surface area (Å²) in [6, 6.07) is 15.1. The van der Waals surface area contributed by atoms with Crippen molar-refractivity contribution in [2.45, 2.75) is 19.9 Å². The Bertz CT molecular complexity index is 864. The molecule has 2 aromatic carbocycles. The lowest BCUT2D eigenvalue weighted by Gasteiger charge is -2.35. The van der Waals surface area contributed by atoms with Gasteiger partial charge in [0.1, 0.15) is 5.75 Å². The van der Waals surface area contributed by atoms with Crippen LogP contribution in [-0.4, -0.2) is 56.8 Å². The van der Waals surface area contributed by atoms with Gasteiger partial charge in [-0.1, -0.05) is 36.4 Å². The molecule has 0 radical (unpaired) electrons. The Morgan fingerprint density at radius 3 is 2.47 bits per heavy atom. The molecule has 1 heterocycles. The van der Waals surface area contributed by atoms with Gasteiger partial charge < -0.3 is 19.7 Å². The van der Waals surface area contributed by atoms with Crippen molar-refractivity contribution in [1.29, 1.82) is 0 Å². The highest BCUT2D eigenvalue weighted by atomic mass is 16.6. The molecule has 0 unspecified atom stereocenters. The topological polar surface area (TPSA) is 72.3 Å². The number of piperazine rings is 1. The minimum absolute atomic E-state index is 0.0929. The molecule has 0 saturated carbocycles. The second kappa shape index (κ2) is 10.1. The number of carbonyl (C=O) groups excluding carboxylic acids is 2. The minimum Gasteiger partial charge on any atom is -0.495 e. The van der Waals surface area contributed by atoms with Gasteiger partial charge in [0, 0.05) is 5.56 Å². The zero-order chi connectivity index (χ0) is 21.5. The van der Waals surface area contributed by atoms with Crippen LogP contribution in [-0.2, 0) is 9.53 Å². The molecule has 0 aliphatic carbocycles. The molecule has 1 saturated heterocycles. The molecule has 0 aromatic heterocycles. The number of carbonyl (C=O) groups is 2. The van der Waals surface area contributed by atoms with E-state index in [0.717, 1.165) is 16.0 Å². The standard InChI is InChI=1S/C23H29N3O4/c1-4-30-23(28)26-14-12-25(13-15-26)21(18-8-6-5-7-9-18)22(27)24-19-16-17(2)10-11-20(19)29-3/h5-11,16,21H,4,12-15H2,1-3H3,(H,24,27)/p+1/t21-/m0/s1. The van der Waals surface area contributed by atoms with Crippen molar-refractivity contribution in [2.75, 3.05) is 45.2 Å². The molecular weight excluding hydrogens is 382 g/mol. The number of methoxy groups -OCH3 is 1. The highest BCUT2D eigenvalue weighted by Gasteiger charge is 2.35. The van der Waals surface area contributed by atoms with Crippen LogP contribution < -0.4 is 15.0 Å². The Morgan fingerprint density at radius 1 is 1.13 bits per heavy atom. The summed E-state index contributed by atoms with van der Waals surface area (Å²) in [7, 11) is 1.59. The molecule has 0 bridgehead atoms. The number of aryl methyl sites for hydroxylation is 1. The molecule has 0 spiro atoms. The van der Waals surface area contributed by atoms with Gasteiger partial charge >= 0.3 is 6.09 Å². The third-order valence-electron chi connectivity index (χ3n) is 5.35. The first kappa shape index (κ1) is 21.6. The number of ether oxygens (including phenoxy) is 2. The lowest BCUT2D eigenvalue weighted by atomic mass is 10.0. The lowest BCUT2D eigenvalue weighted by molar-refractivity contribution is -0.925. The van der Waals surface area contributed by atoms with Crippen molar-refractivity contribution in [3.8, 4) is 5.75 Å². The number of rotatable bonds is 6. The second-order valence-electron chi connectivity index (χ2n) is 7.38. The molecule has 7 heteroatoms. The fourth-order valence-corrected chi connectivity index (χ4v) is 3.82. The summed E-state index contributed by atoms with van der Waals surface area (Å²) in [6.45, 7) is 6.57. The van der Waals surface area contributed by atoms with E-state index in [1.807, 2.05) is 55.5 Å². The molecule has 2 amide bonds. The number of hydrogen-bond acceptors (Lipinski definition) is 4. The van der Waals surface area contributed by atoms with Crippen LogP contribution >= 0.6 is 0 Å². The summed E-state index contributed by atoms with van der Waals surface area (Å²) < 4.78 is 10.5. The Kier molecular flexibility index (Phi) is 7.30. The van der Waals surface area contributed by atoms with E-state index in [-0.39, 0.29) is 18.0 Å². The molecule has 3 rings (SSSR count). The first-order chi connectivity index (χ1) is 14.5. The zero-order valence-electron chi connectivity index (χ0n) is 17.8. The van der Waals surface area contributed by atoms with E-state index in [1.165, 1.54) is 0 Å². The third kappa shape index (κ3) is 5.10. The molecule has 160 valence electrons. The number of quaternary nitrogens is 1. The van der Waals surface area contributed by atoms with E-state index in [9.17, 15) is 9.59 Å². The molecule has 30 heavy (non-hydrogen) atoms. The predicted molar refractivity (Wildman–Crippen MR) is 115 cm³/mol. The van der Waals surface area contributed by atoms with Crippen molar-refractivity contribution in [1.82, 2.24) is 4.90 Å². The van der Waals surface area contributed by atoms with Gasteiger partial charge in [-0.2, -0.15) is 0 Å². The van der Waals surface area contributed by atoms with Crippen LogP contribution in [0.2, 0.25) is 0 Å². The number of benzene rings is 2. The normalized spacial score (nSPS) is 15.4. The van der Waals surface area contributed by atoms with Crippen LogP contribution in [0.25, 0.3) is 0 Å². The average Bonchev–Trinajstić information content (AvgIpc) is 2.75. The number of nitrogens with one attached hydrogen (secondary N) is 2. The summed E-state index contributed by atoms with van der Waals surface area (Å²) in [4.78, 5) is 28.3. The first-order valence-corrected chi connectivity index (χ1v) is 10.3. The maximum atomic E-state index is 13.4. The van der Waals surface area contributed by atoms with Crippen molar-refractivity contribution in [2.24, 2.45) is 0 Å². The summed E-state index contributed by atoms with van der Waals surface area (Å²) in [5.41, 5.74) is 2.65. The van der Waals surface area contributed by atoms with Gasteiger partial charge in [0.25, 0.3) is 5.91 Å². The van der Waals surface area contributed by atoms with E-state index in [4.69, 9.17) is 9.47 Å². The van der Waals surface area contributed by atoms with E-state index in [0.29, 0.717) is 44.2 Å². The maximum absolute atomic E-state index is 13.4. The van der Waals surface area contributed by atoms with Crippen molar-refractivity contribution in [3.05, 3.63) is 59.7 Å². The monoisotopic (exact) mass is 412 g/mol. The molecular formula is C23H30N3O4+. The smallest absolute Gasteiger partial charge is 0.410 e. The summed E-state index contributed by atoms with van der Waals surface area (Å²) in [5.74, 6) is 0.535. The highest BCUT2D eigenvalue weighted by Crippen LogP contribution is 2.26. The molecule has 2 aromatic rings. The number of anilines is 1. The van der Waals surface area contributed by atoms with E-state index < -0.39 is 0 Å². The fraction of sp³-hybridized carbons (Fsp3) is 0.391. The first-order valence-electron chi connectivity index (χ1n) is 10.3. The van der Waals surface area contributed by atoms with Crippen LogP contribution in [0.15, 0.2) is 48.5 Å². The number of hydrogen-bond donors (Lipinski definition) is 2. The number of amides is 2. The lowest BCUT2D eigenvalue weighted by Crippen LogP contribution is -3.16. The Morgan fingerprint density at radius 2 is 1.83 bits per heavy atom. The van der Waals surface area contributed by atoms with Gasteiger partial charge in [0.15, 0.2) is 6.04 Å². The quantitative estimate of drug-likeness (QED) is 0.762. The SMILES string of the molecule is CCOC(=O)N1CC[NH+]([C@H](C(=O)Nc2cc(C)ccc2OC)c2ccccc2)CC1. The van der Waals surface area contributed by atoms with Gasteiger partial charge in [-0.3, -0.25) is 9.69 Å². The van der Waals surface area contributed by atoms with Gasteiger partial charge in [-0.15, -0.1) is 0 Å². The van der Waals surface area contributed by atoms with Crippen molar-refractivity contribution < 1.29 is 24.0 Å². The van der Waals surface area contributed by atoms with E-state index in [2.05, 4.69) is 5.32 Å². The summed E-state index contributed by atoms with van der Waals surface area (Å²) >= 11 is 0. The molecule has 7 nitrogen and oxygen atoms in total. The van der Waals surface area contributed by atoms with Gasteiger partial charge in [0.2, 0.25) is 0 Å². The van der Waals surface area contributed by atoms with Crippen LogP contribution in [0.3, 0.4) is 0 Å². The van der Waals surface area contributed by atoms with Crippen molar-refractivity contribution >= 4 is 17.7 Å². The van der Waals surface area contributed by atoms with E-state index in [1.54, 1.807) is 18.9 Å². The van der Waals surface area contributed by atoms with Gasteiger partial charge in [-0.05, 0) is 31.5 Å². The Hall–Kier alpha value is -3.06. The molecule has 2 N–H and O–H groups in total. The summed E-state index contributed by atoms with van der Waals surface area (Å²) in [5, 5.41) is 3.06. The largest absolute Gasteiger partial charge is 0.495 e. The van der Waals surface area contributed by atoms with Crippen LogP contribution in [0.5, 0.6) is 5.75 Å². The third-order valence-corrected chi connectivity index (χ3v) is 5.35. The van der Waals surface area contributed by atoms with Gasteiger partial charge in [-0.25, -0.2) is 4.79 Å². The number of nitrogens with zero attached hydrogens (tertiary/aromatic N) is 1. The highest BCUT2D eigenvalue weighted by molar-refractivity contribution is 5.96. The minimum atomic E-state index is -0.388. The zero-order valence-corrected chi connectivity index (χ0v) is 17.8. The average molecular weight is 413 g/mol. The van der Waals surface area contributed by atoms with Crippen LogP contribution in [0, 0.1) is 6.92 Å². The van der Waals surface area contributed by atoms with Crippen LogP contribution in [0.4, 0.5) is 10.5 Å². The maximum Gasteiger partial charge on any atom is 0.410 e. The molecule has 1 aliphatic rings. The van der Waals surface area contributed by atoms with Crippen molar-refractivity contribution in [3.63, 3.8) is 0 Å². The molecule has 1 aliphatic heterocycles. The summed E-state index contributed by atoms with van der Waals surface area (Å²) in [6.07, 6.45) is -0.290. The fourth-order valence-electron chi connectivity index (χ4n) is 3.82. The predicted octanol–water partition coefficient (Wildman–Crippen LogP) is 2.04. The Labute approximate surface area is 177 Å². The van der Waals surface area contributed by atoms with Crippen LogP contribution in [0.1, 0.15) is 24.1 Å². The molecule has 1 atom stereocenters.